The standard InChI is InChI=1S/C18H20O2.C10H8/c1-3-17(13-5-9-15(19)10-6-13)18(4-2)14-7-11-16(20)12-8-14;1-2-6-10-8-4-3-7-9(10)5-1/h5-12,19-20H,3-4H2,1-2H3;1-8H/b18-17+;. The topological polar surface area (TPSA) is 40.5 Å². The Kier molecular flexibility index (Phi) is 7.29. The minimum absolute atomic E-state index is 0.284. The lowest BCUT2D eigenvalue weighted by atomic mass is 9.91. The number of aromatic hydroxyl groups is 2. The molecule has 0 spiro atoms. The van der Waals surface area contributed by atoms with Crippen molar-refractivity contribution in [1.82, 2.24) is 0 Å². The van der Waals surface area contributed by atoms with Crippen molar-refractivity contribution >= 4 is 21.9 Å². The van der Waals surface area contributed by atoms with E-state index in [9.17, 15) is 10.2 Å². The lowest BCUT2D eigenvalue weighted by Crippen LogP contribution is -1.91. The second-order valence-electron chi connectivity index (χ2n) is 7.11. The van der Waals surface area contributed by atoms with Crippen molar-refractivity contribution < 1.29 is 10.2 Å². The predicted molar refractivity (Wildman–Crippen MR) is 128 cm³/mol. The lowest BCUT2D eigenvalue weighted by molar-refractivity contribution is 0.474. The highest BCUT2D eigenvalue weighted by molar-refractivity contribution is 5.90. The summed E-state index contributed by atoms with van der Waals surface area (Å²) in [6.45, 7) is 4.27. The number of hydrogen-bond acceptors (Lipinski definition) is 2. The Morgan fingerprint density at radius 1 is 0.500 bits per heavy atom. The molecule has 0 unspecified atom stereocenters. The van der Waals surface area contributed by atoms with Crippen molar-refractivity contribution in [2.75, 3.05) is 0 Å². The van der Waals surface area contributed by atoms with E-state index in [-0.39, 0.29) is 11.5 Å². The molecule has 0 aliphatic heterocycles. The molecule has 0 aromatic heterocycles. The van der Waals surface area contributed by atoms with Gasteiger partial charge in [0, 0.05) is 0 Å². The summed E-state index contributed by atoms with van der Waals surface area (Å²) < 4.78 is 0. The molecule has 30 heavy (non-hydrogen) atoms. The molecule has 2 nitrogen and oxygen atoms in total. The first-order valence-corrected chi connectivity index (χ1v) is 10.4. The average molecular weight is 397 g/mol. The van der Waals surface area contributed by atoms with E-state index in [0.29, 0.717) is 0 Å². The largest absolute Gasteiger partial charge is 0.508 e. The van der Waals surface area contributed by atoms with Crippen molar-refractivity contribution in [3.63, 3.8) is 0 Å². The van der Waals surface area contributed by atoms with E-state index in [1.54, 1.807) is 24.3 Å². The Balaban J connectivity index is 0.000000212. The van der Waals surface area contributed by atoms with Gasteiger partial charge in [-0.15, -0.1) is 0 Å². The molecule has 0 amide bonds. The zero-order valence-corrected chi connectivity index (χ0v) is 17.5. The highest BCUT2D eigenvalue weighted by atomic mass is 16.3. The fourth-order valence-corrected chi connectivity index (χ4v) is 3.64. The Morgan fingerprint density at radius 2 is 0.800 bits per heavy atom. The van der Waals surface area contributed by atoms with E-state index in [1.807, 2.05) is 24.3 Å². The summed E-state index contributed by atoms with van der Waals surface area (Å²) in [4.78, 5) is 0. The van der Waals surface area contributed by atoms with Gasteiger partial charge in [0.05, 0.1) is 0 Å². The summed E-state index contributed by atoms with van der Waals surface area (Å²) in [7, 11) is 0. The van der Waals surface area contributed by atoms with E-state index in [2.05, 4.69) is 62.4 Å². The third-order valence-electron chi connectivity index (χ3n) is 5.16. The first-order chi connectivity index (χ1) is 14.6. The van der Waals surface area contributed by atoms with Crippen LogP contribution in [0, 0.1) is 0 Å². The maximum Gasteiger partial charge on any atom is 0.115 e. The number of benzene rings is 4. The van der Waals surface area contributed by atoms with Crippen LogP contribution in [0.5, 0.6) is 11.5 Å². The Hall–Kier alpha value is -3.52. The van der Waals surface area contributed by atoms with Crippen molar-refractivity contribution in [2.45, 2.75) is 26.7 Å². The number of rotatable bonds is 4. The van der Waals surface area contributed by atoms with Crippen LogP contribution < -0.4 is 0 Å². The van der Waals surface area contributed by atoms with Gasteiger partial charge in [-0.3, -0.25) is 0 Å². The molecule has 152 valence electrons. The predicted octanol–water partition coefficient (Wildman–Crippen LogP) is 7.67. The summed E-state index contributed by atoms with van der Waals surface area (Å²) >= 11 is 0. The van der Waals surface area contributed by atoms with Gasteiger partial charge in [-0.1, -0.05) is 86.6 Å². The maximum atomic E-state index is 9.41. The number of fused-ring (bicyclic) bond motifs is 1. The molecule has 0 saturated carbocycles. The van der Waals surface area contributed by atoms with Crippen molar-refractivity contribution in [3.8, 4) is 11.5 Å². The minimum atomic E-state index is 0.284. The van der Waals surface area contributed by atoms with Gasteiger partial charge < -0.3 is 10.2 Å². The van der Waals surface area contributed by atoms with Gasteiger partial charge in [-0.2, -0.15) is 0 Å². The molecule has 4 aromatic rings. The van der Waals surface area contributed by atoms with Crippen molar-refractivity contribution in [2.24, 2.45) is 0 Å². The van der Waals surface area contributed by atoms with Crippen molar-refractivity contribution in [3.05, 3.63) is 108 Å². The van der Waals surface area contributed by atoms with Crippen LogP contribution in [0.1, 0.15) is 37.8 Å². The summed E-state index contributed by atoms with van der Waals surface area (Å²) in [5, 5.41) is 21.4. The zero-order chi connectivity index (χ0) is 21.3. The molecule has 0 aliphatic rings. The summed E-state index contributed by atoms with van der Waals surface area (Å²) in [5.74, 6) is 0.568. The van der Waals surface area contributed by atoms with Gasteiger partial charge in [-0.25, -0.2) is 0 Å². The minimum Gasteiger partial charge on any atom is -0.508 e. The molecule has 2 heteroatoms. The molecule has 2 N–H and O–H groups in total. The Labute approximate surface area is 178 Å². The molecule has 0 bridgehead atoms. The van der Waals surface area contributed by atoms with Crippen LogP contribution in [0.3, 0.4) is 0 Å². The summed E-state index contributed by atoms with van der Waals surface area (Å²) in [6, 6.07) is 31.4. The number of allylic oxidation sites excluding steroid dienone is 2. The Bertz CT molecular complexity index is 986. The molecular formula is C28H28O2. The van der Waals surface area contributed by atoms with E-state index >= 15 is 0 Å². The average Bonchev–Trinajstić information content (AvgIpc) is 2.79. The molecule has 0 atom stereocenters. The van der Waals surface area contributed by atoms with Gasteiger partial charge in [0.2, 0.25) is 0 Å². The third-order valence-corrected chi connectivity index (χ3v) is 5.16. The zero-order valence-electron chi connectivity index (χ0n) is 17.5. The second-order valence-corrected chi connectivity index (χ2v) is 7.11. The monoisotopic (exact) mass is 396 g/mol. The van der Waals surface area contributed by atoms with Crippen LogP contribution in [0.2, 0.25) is 0 Å². The SMILES string of the molecule is CC/C(=C(/CC)c1ccc(O)cc1)c1ccc(O)cc1.c1ccc2ccccc2c1. The van der Waals surface area contributed by atoms with Gasteiger partial charge in [0.15, 0.2) is 0 Å². The van der Waals surface area contributed by atoms with Gasteiger partial charge in [-0.05, 0) is 70.2 Å². The molecular weight excluding hydrogens is 368 g/mol. The first-order valence-electron chi connectivity index (χ1n) is 10.4. The molecule has 0 fully saturated rings. The van der Waals surface area contributed by atoms with Crippen molar-refractivity contribution in [1.29, 1.82) is 0 Å². The number of phenolic OH excluding ortho intramolecular Hbond substituents is 2. The molecule has 0 radical (unpaired) electrons. The fraction of sp³-hybridized carbons (Fsp3) is 0.143. The van der Waals surface area contributed by atoms with Gasteiger partial charge in [0.25, 0.3) is 0 Å². The molecule has 4 aromatic carbocycles. The fourth-order valence-electron chi connectivity index (χ4n) is 3.64. The molecule has 0 aliphatic carbocycles. The van der Waals surface area contributed by atoms with Crippen LogP contribution in [-0.4, -0.2) is 10.2 Å². The van der Waals surface area contributed by atoms with Crippen LogP contribution in [0.4, 0.5) is 0 Å². The van der Waals surface area contributed by atoms with E-state index in [1.165, 1.54) is 21.9 Å². The molecule has 0 heterocycles. The highest BCUT2D eigenvalue weighted by Gasteiger charge is 2.09. The van der Waals surface area contributed by atoms with Gasteiger partial charge >= 0.3 is 0 Å². The maximum absolute atomic E-state index is 9.41. The second kappa shape index (κ2) is 10.3. The van der Waals surface area contributed by atoms with E-state index in [4.69, 9.17) is 0 Å². The number of hydrogen-bond donors (Lipinski definition) is 2. The first kappa shape index (κ1) is 21.2. The van der Waals surface area contributed by atoms with Gasteiger partial charge in [0.1, 0.15) is 11.5 Å². The quantitative estimate of drug-likeness (QED) is 0.347. The Morgan fingerprint density at radius 3 is 1.07 bits per heavy atom. The lowest BCUT2D eigenvalue weighted by Gasteiger charge is -2.14. The normalized spacial score (nSPS) is 11.4. The van der Waals surface area contributed by atoms with Crippen LogP contribution in [0.25, 0.3) is 21.9 Å². The molecule has 4 rings (SSSR count). The van der Waals surface area contributed by atoms with E-state index in [0.717, 1.165) is 24.0 Å². The van der Waals surface area contributed by atoms with Crippen LogP contribution in [0.15, 0.2) is 97.1 Å². The summed E-state index contributed by atoms with van der Waals surface area (Å²) in [6.07, 6.45) is 1.85. The van der Waals surface area contributed by atoms with Crippen LogP contribution >= 0.6 is 0 Å². The summed E-state index contributed by atoms with van der Waals surface area (Å²) in [5.41, 5.74) is 4.82. The van der Waals surface area contributed by atoms with E-state index < -0.39 is 0 Å². The number of phenols is 2. The molecule has 0 saturated heterocycles. The highest BCUT2D eigenvalue weighted by Crippen LogP contribution is 2.32. The van der Waals surface area contributed by atoms with Crippen LogP contribution in [-0.2, 0) is 0 Å². The smallest absolute Gasteiger partial charge is 0.115 e. The third kappa shape index (κ3) is 5.30.